The van der Waals surface area contributed by atoms with Gasteiger partial charge in [0.2, 0.25) is 9.84 Å². The van der Waals surface area contributed by atoms with E-state index in [4.69, 9.17) is 0 Å². The van der Waals surface area contributed by atoms with E-state index in [9.17, 15) is 21.6 Å². The molecule has 0 atom stereocenters. The van der Waals surface area contributed by atoms with Gasteiger partial charge in [0.25, 0.3) is 0 Å². The summed E-state index contributed by atoms with van der Waals surface area (Å²) < 4.78 is 56.2. The Morgan fingerprint density at radius 1 is 1.08 bits per heavy atom. The lowest BCUT2D eigenvalue weighted by molar-refractivity contribution is -0.0435. The first-order valence-electron chi connectivity index (χ1n) is 3.89. The number of hydrogen-bond acceptors (Lipinski definition) is 2. The van der Waals surface area contributed by atoms with Crippen LogP contribution in [0.25, 0.3) is 0 Å². The quantitative estimate of drug-likeness (QED) is 0.662. The second-order valence-corrected chi connectivity index (χ2v) is 4.78. The van der Waals surface area contributed by atoms with Crippen LogP contribution in [0, 0.1) is 6.92 Å². The highest BCUT2D eigenvalue weighted by atomic mass is 32.2. The first kappa shape index (κ1) is 12.7. The van der Waals surface area contributed by atoms with Crippen molar-refractivity contribution in [1.29, 1.82) is 0 Å². The summed E-state index contributed by atoms with van der Waals surface area (Å²) >= 11 is 0. The molecule has 1 radical (unpaired) electrons. The minimum Gasteiger partial charge on any atom is -0.220 e. The SMILES string of the molecule is [CH2]CCCCCS(=O)(=O)C(F)(F)F. The van der Waals surface area contributed by atoms with Crippen molar-refractivity contribution in [1.82, 2.24) is 0 Å². The van der Waals surface area contributed by atoms with Gasteiger partial charge in [-0.15, -0.1) is 0 Å². The maximum absolute atomic E-state index is 11.7. The Kier molecular flexibility index (Phi) is 4.74. The van der Waals surface area contributed by atoms with Crippen LogP contribution < -0.4 is 0 Å². The van der Waals surface area contributed by atoms with Gasteiger partial charge >= 0.3 is 5.51 Å². The molecule has 0 unspecified atom stereocenters. The fourth-order valence-corrected chi connectivity index (χ4v) is 1.58. The highest BCUT2D eigenvalue weighted by Gasteiger charge is 2.44. The van der Waals surface area contributed by atoms with Crippen molar-refractivity contribution in [2.75, 3.05) is 5.75 Å². The van der Waals surface area contributed by atoms with E-state index in [2.05, 4.69) is 6.92 Å². The van der Waals surface area contributed by atoms with E-state index in [1.165, 1.54) is 0 Å². The zero-order valence-corrected chi connectivity index (χ0v) is 7.92. The second-order valence-electron chi connectivity index (χ2n) is 2.68. The molecule has 0 aromatic carbocycles. The van der Waals surface area contributed by atoms with E-state index in [1.807, 2.05) is 0 Å². The molecular formula is C7H12F3O2S. The lowest BCUT2D eigenvalue weighted by Gasteiger charge is -2.06. The number of unbranched alkanes of at least 4 members (excludes halogenated alkanes) is 3. The Morgan fingerprint density at radius 2 is 1.62 bits per heavy atom. The molecule has 0 rings (SSSR count). The fraction of sp³-hybridized carbons (Fsp3) is 0.857. The van der Waals surface area contributed by atoms with Gasteiger partial charge in [0.15, 0.2) is 0 Å². The van der Waals surface area contributed by atoms with Crippen LogP contribution in [0.4, 0.5) is 13.2 Å². The molecule has 79 valence electrons. The molecule has 13 heavy (non-hydrogen) atoms. The first-order chi connectivity index (χ1) is 5.81. The van der Waals surface area contributed by atoms with Gasteiger partial charge in [-0.05, 0) is 6.42 Å². The monoisotopic (exact) mass is 217 g/mol. The summed E-state index contributed by atoms with van der Waals surface area (Å²) in [5.74, 6) is -0.809. The van der Waals surface area contributed by atoms with E-state index in [0.29, 0.717) is 19.3 Å². The average molecular weight is 217 g/mol. The molecule has 0 saturated carbocycles. The van der Waals surface area contributed by atoms with Gasteiger partial charge in [0.1, 0.15) is 0 Å². The second kappa shape index (κ2) is 4.83. The van der Waals surface area contributed by atoms with Gasteiger partial charge in [-0.2, -0.15) is 13.2 Å². The van der Waals surface area contributed by atoms with Crippen molar-refractivity contribution < 1.29 is 21.6 Å². The van der Waals surface area contributed by atoms with Crippen molar-refractivity contribution in [3.8, 4) is 0 Å². The Balaban J connectivity index is 3.92. The van der Waals surface area contributed by atoms with Gasteiger partial charge in [-0.25, -0.2) is 8.42 Å². The molecule has 6 heteroatoms. The Labute approximate surface area is 76.1 Å². The molecule has 0 bridgehead atoms. The summed E-state index contributed by atoms with van der Waals surface area (Å²) in [7, 11) is -4.90. The predicted molar refractivity (Wildman–Crippen MR) is 43.7 cm³/mol. The van der Waals surface area contributed by atoms with Crippen LogP contribution in [0.3, 0.4) is 0 Å². The molecule has 0 N–H and O–H groups in total. The lowest BCUT2D eigenvalue weighted by Crippen LogP contribution is -2.26. The van der Waals surface area contributed by atoms with Crippen LogP contribution in [0.15, 0.2) is 0 Å². The van der Waals surface area contributed by atoms with E-state index < -0.39 is 21.1 Å². The topological polar surface area (TPSA) is 34.1 Å². The molecule has 0 aliphatic rings. The predicted octanol–water partition coefficient (Wildman–Crippen LogP) is 2.32. The van der Waals surface area contributed by atoms with Crippen LogP contribution >= 0.6 is 0 Å². The van der Waals surface area contributed by atoms with Crippen LogP contribution in [0.2, 0.25) is 0 Å². The largest absolute Gasteiger partial charge is 0.497 e. The van der Waals surface area contributed by atoms with Crippen molar-refractivity contribution in [3.05, 3.63) is 6.92 Å². The summed E-state index contributed by atoms with van der Waals surface area (Å²) in [6, 6.07) is 0. The number of sulfone groups is 1. The minimum absolute atomic E-state index is 0.0529. The smallest absolute Gasteiger partial charge is 0.220 e. The van der Waals surface area contributed by atoms with Gasteiger partial charge < -0.3 is 0 Å². The van der Waals surface area contributed by atoms with Gasteiger partial charge in [-0.1, -0.05) is 26.2 Å². The van der Waals surface area contributed by atoms with Crippen LogP contribution in [-0.2, 0) is 9.84 Å². The Bertz CT molecular complexity index is 231. The molecule has 0 saturated heterocycles. The lowest BCUT2D eigenvalue weighted by atomic mass is 10.2. The maximum atomic E-state index is 11.7. The maximum Gasteiger partial charge on any atom is 0.497 e. The minimum atomic E-state index is -5.10. The fourth-order valence-electron chi connectivity index (χ4n) is 0.761. The van der Waals surface area contributed by atoms with Crippen molar-refractivity contribution in [2.45, 2.75) is 31.2 Å². The normalized spacial score (nSPS) is 13.2. The molecule has 0 aromatic rings. The van der Waals surface area contributed by atoms with Crippen LogP contribution in [0.5, 0.6) is 0 Å². The third-order valence-corrected chi connectivity index (χ3v) is 3.05. The highest BCUT2D eigenvalue weighted by Crippen LogP contribution is 2.24. The van der Waals surface area contributed by atoms with Crippen LogP contribution in [0.1, 0.15) is 25.7 Å². The molecule has 2 nitrogen and oxygen atoms in total. The molecule has 0 spiro atoms. The average Bonchev–Trinajstić information content (AvgIpc) is 1.96. The Hall–Kier alpha value is -0.260. The molecule has 0 amide bonds. The molecule has 0 heterocycles. The molecular weight excluding hydrogens is 205 g/mol. The molecule has 0 aliphatic heterocycles. The summed E-state index contributed by atoms with van der Waals surface area (Å²) in [5, 5.41) is 0. The highest BCUT2D eigenvalue weighted by molar-refractivity contribution is 7.92. The molecule has 0 fully saturated rings. The summed E-state index contributed by atoms with van der Waals surface area (Å²) in [5.41, 5.74) is -5.10. The van der Waals surface area contributed by atoms with Crippen molar-refractivity contribution >= 4 is 9.84 Å². The zero-order chi connectivity index (χ0) is 10.5. The third kappa shape index (κ3) is 4.50. The van der Waals surface area contributed by atoms with Crippen molar-refractivity contribution in [3.63, 3.8) is 0 Å². The van der Waals surface area contributed by atoms with Crippen molar-refractivity contribution in [2.24, 2.45) is 0 Å². The number of hydrogen-bond donors (Lipinski definition) is 0. The number of alkyl halides is 3. The molecule has 0 aromatic heterocycles. The standard InChI is InChI=1S/C7H12F3O2S/c1-2-3-4-5-6-13(11,12)7(8,9)10/h1-6H2. The van der Waals surface area contributed by atoms with Gasteiger partial charge in [0, 0.05) is 0 Å². The van der Waals surface area contributed by atoms with Gasteiger partial charge in [-0.3, -0.25) is 0 Å². The summed E-state index contributed by atoms with van der Waals surface area (Å²) in [4.78, 5) is 0. The first-order valence-corrected chi connectivity index (χ1v) is 5.55. The number of halogens is 3. The number of rotatable bonds is 5. The van der Waals surface area contributed by atoms with E-state index in [1.54, 1.807) is 0 Å². The van der Waals surface area contributed by atoms with E-state index in [-0.39, 0.29) is 6.42 Å². The van der Waals surface area contributed by atoms with Gasteiger partial charge in [0.05, 0.1) is 5.75 Å². The Morgan fingerprint density at radius 3 is 2.00 bits per heavy atom. The van der Waals surface area contributed by atoms with Crippen LogP contribution in [-0.4, -0.2) is 19.7 Å². The van der Waals surface area contributed by atoms with E-state index in [0.717, 1.165) is 0 Å². The summed E-state index contributed by atoms with van der Waals surface area (Å²) in [6.07, 6.45) is 1.80. The molecule has 0 aliphatic carbocycles. The third-order valence-electron chi connectivity index (χ3n) is 1.52. The summed E-state index contributed by atoms with van der Waals surface area (Å²) in [6.45, 7) is 3.50. The van der Waals surface area contributed by atoms with E-state index >= 15 is 0 Å². The zero-order valence-electron chi connectivity index (χ0n) is 7.10.